The standard InChI is InChI=1S/C21H29N3O2.HI/c1-16(19-8-6-7-9-20(19)26-5)14-23-21(22-2)24(3)15-17-10-12-18(25-4)13-11-17;/h6-13,16H,14-15H2,1-5H3,(H,22,23);1H. The molecule has 0 radical (unpaired) electrons. The van der Waals surface area contributed by atoms with Gasteiger partial charge >= 0.3 is 0 Å². The summed E-state index contributed by atoms with van der Waals surface area (Å²) in [5, 5.41) is 3.46. The van der Waals surface area contributed by atoms with Crippen LogP contribution in [0.3, 0.4) is 0 Å². The number of nitrogens with one attached hydrogen (secondary N) is 1. The monoisotopic (exact) mass is 483 g/mol. The number of hydrogen-bond acceptors (Lipinski definition) is 3. The molecule has 27 heavy (non-hydrogen) atoms. The maximum absolute atomic E-state index is 5.47. The number of guanidine groups is 1. The molecule has 0 saturated heterocycles. The summed E-state index contributed by atoms with van der Waals surface area (Å²) < 4.78 is 10.7. The Morgan fingerprint density at radius 3 is 2.33 bits per heavy atom. The summed E-state index contributed by atoms with van der Waals surface area (Å²) in [6.07, 6.45) is 0. The number of halogens is 1. The van der Waals surface area contributed by atoms with E-state index < -0.39 is 0 Å². The Morgan fingerprint density at radius 2 is 1.74 bits per heavy atom. The van der Waals surface area contributed by atoms with E-state index in [9.17, 15) is 0 Å². The molecule has 2 aromatic carbocycles. The van der Waals surface area contributed by atoms with Crippen LogP contribution in [0, 0.1) is 0 Å². The van der Waals surface area contributed by atoms with E-state index in [2.05, 4.69) is 40.3 Å². The SMILES string of the molecule is CN=C(NCC(C)c1ccccc1OC)N(C)Cc1ccc(OC)cc1.I. The highest BCUT2D eigenvalue weighted by Crippen LogP contribution is 2.25. The Bertz CT molecular complexity index is 720. The van der Waals surface area contributed by atoms with Gasteiger partial charge in [-0.1, -0.05) is 37.3 Å². The number of aliphatic imine (C=N–C) groups is 1. The predicted molar refractivity (Wildman–Crippen MR) is 123 cm³/mol. The van der Waals surface area contributed by atoms with Crippen molar-refractivity contribution in [2.75, 3.05) is 34.9 Å². The highest BCUT2D eigenvalue weighted by molar-refractivity contribution is 14.0. The van der Waals surface area contributed by atoms with E-state index in [4.69, 9.17) is 9.47 Å². The van der Waals surface area contributed by atoms with Crippen molar-refractivity contribution >= 4 is 29.9 Å². The van der Waals surface area contributed by atoms with Gasteiger partial charge < -0.3 is 19.7 Å². The number of nitrogens with zero attached hydrogens (tertiary/aromatic N) is 2. The van der Waals surface area contributed by atoms with Crippen LogP contribution in [0.25, 0.3) is 0 Å². The fourth-order valence-electron chi connectivity index (χ4n) is 2.89. The minimum absolute atomic E-state index is 0. The average molecular weight is 483 g/mol. The zero-order chi connectivity index (χ0) is 18.9. The molecule has 0 spiro atoms. The normalized spacial score (nSPS) is 12.0. The maximum atomic E-state index is 5.47. The van der Waals surface area contributed by atoms with Gasteiger partial charge in [-0.2, -0.15) is 0 Å². The van der Waals surface area contributed by atoms with Crippen molar-refractivity contribution in [2.24, 2.45) is 4.99 Å². The van der Waals surface area contributed by atoms with Crippen molar-refractivity contribution < 1.29 is 9.47 Å². The van der Waals surface area contributed by atoms with Crippen LogP contribution in [0.1, 0.15) is 24.0 Å². The third-order valence-electron chi connectivity index (χ3n) is 4.39. The minimum Gasteiger partial charge on any atom is -0.497 e. The van der Waals surface area contributed by atoms with Gasteiger partial charge in [0.25, 0.3) is 0 Å². The van der Waals surface area contributed by atoms with Gasteiger partial charge in [0.05, 0.1) is 14.2 Å². The van der Waals surface area contributed by atoms with Crippen LogP contribution in [-0.4, -0.2) is 45.7 Å². The third kappa shape index (κ3) is 6.61. The summed E-state index contributed by atoms with van der Waals surface area (Å²) in [6.45, 7) is 3.73. The van der Waals surface area contributed by atoms with Crippen molar-refractivity contribution in [1.82, 2.24) is 10.2 Å². The van der Waals surface area contributed by atoms with E-state index in [1.807, 2.05) is 37.4 Å². The molecular formula is C21H30IN3O2. The summed E-state index contributed by atoms with van der Waals surface area (Å²) >= 11 is 0. The second kappa shape index (κ2) is 11.7. The van der Waals surface area contributed by atoms with Crippen LogP contribution < -0.4 is 14.8 Å². The van der Waals surface area contributed by atoms with E-state index in [0.717, 1.165) is 30.5 Å². The number of benzene rings is 2. The number of para-hydroxylation sites is 1. The van der Waals surface area contributed by atoms with E-state index in [0.29, 0.717) is 5.92 Å². The summed E-state index contributed by atoms with van der Waals surface area (Å²) in [5.41, 5.74) is 2.39. The van der Waals surface area contributed by atoms with Gasteiger partial charge in [0.2, 0.25) is 0 Å². The first-order valence-electron chi connectivity index (χ1n) is 8.76. The van der Waals surface area contributed by atoms with E-state index in [1.54, 1.807) is 21.3 Å². The highest BCUT2D eigenvalue weighted by Gasteiger charge is 2.13. The van der Waals surface area contributed by atoms with Crippen molar-refractivity contribution in [3.8, 4) is 11.5 Å². The van der Waals surface area contributed by atoms with Crippen molar-refractivity contribution in [3.63, 3.8) is 0 Å². The van der Waals surface area contributed by atoms with Gasteiger partial charge in [-0.15, -0.1) is 24.0 Å². The maximum Gasteiger partial charge on any atom is 0.193 e. The number of rotatable bonds is 7. The molecule has 2 aromatic rings. The average Bonchev–Trinajstić information content (AvgIpc) is 2.68. The lowest BCUT2D eigenvalue weighted by Gasteiger charge is -2.24. The van der Waals surface area contributed by atoms with Gasteiger partial charge in [-0.3, -0.25) is 4.99 Å². The van der Waals surface area contributed by atoms with Crippen LogP contribution >= 0.6 is 24.0 Å². The molecule has 1 N–H and O–H groups in total. The summed E-state index contributed by atoms with van der Waals surface area (Å²) in [5.74, 6) is 2.95. The first-order chi connectivity index (χ1) is 12.6. The topological polar surface area (TPSA) is 46.1 Å². The van der Waals surface area contributed by atoms with Gasteiger partial charge in [0, 0.05) is 33.1 Å². The smallest absolute Gasteiger partial charge is 0.193 e. The molecule has 148 valence electrons. The molecule has 1 atom stereocenters. The number of hydrogen-bond donors (Lipinski definition) is 1. The van der Waals surface area contributed by atoms with Crippen molar-refractivity contribution in [3.05, 3.63) is 59.7 Å². The molecule has 0 aromatic heterocycles. The van der Waals surface area contributed by atoms with E-state index >= 15 is 0 Å². The molecule has 0 heterocycles. The Hall–Kier alpha value is -1.96. The van der Waals surface area contributed by atoms with Gasteiger partial charge in [0.15, 0.2) is 5.96 Å². The molecule has 0 aliphatic carbocycles. The van der Waals surface area contributed by atoms with Crippen LogP contribution in [0.4, 0.5) is 0 Å². The van der Waals surface area contributed by atoms with Gasteiger partial charge in [-0.25, -0.2) is 0 Å². The Labute approximate surface area is 179 Å². The summed E-state index contributed by atoms with van der Waals surface area (Å²) in [7, 11) is 7.23. The van der Waals surface area contributed by atoms with Crippen LogP contribution in [0.2, 0.25) is 0 Å². The highest BCUT2D eigenvalue weighted by atomic mass is 127. The fraction of sp³-hybridized carbons (Fsp3) is 0.381. The quantitative estimate of drug-likeness (QED) is 0.366. The third-order valence-corrected chi connectivity index (χ3v) is 4.39. The van der Waals surface area contributed by atoms with E-state index in [1.165, 1.54) is 11.1 Å². The lowest BCUT2D eigenvalue weighted by atomic mass is 10.0. The lowest BCUT2D eigenvalue weighted by molar-refractivity contribution is 0.405. The largest absolute Gasteiger partial charge is 0.497 e. The predicted octanol–water partition coefficient (Wildman–Crippen LogP) is 4.13. The molecular weight excluding hydrogens is 453 g/mol. The second-order valence-corrected chi connectivity index (χ2v) is 6.28. The molecule has 0 aliphatic heterocycles. The molecule has 0 amide bonds. The molecule has 0 fully saturated rings. The van der Waals surface area contributed by atoms with Crippen LogP contribution in [0.15, 0.2) is 53.5 Å². The fourth-order valence-corrected chi connectivity index (χ4v) is 2.89. The summed E-state index contributed by atoms with van der Waals surface area (Å²) in [6, 6.07) is 16.2. The number of ether oxygens (including phenoxy) is 2. The van der Waals surface area contributed by atoms with E-state index in [-0.39, 0.29) is 24.0 Å². The lowest BCUT2D eigenvalue weighted by Crippen LogP contribution is -2.40. The Kier molecular flexibility index (Phi) is 9.99. The Balaban J connectivity index is 0.00000364. The molecule has 0 bridgehead atoms. The Morgan fingerprint density at radius 1 is 1.07 bits per heavy atom. The molecule has 5 nitrogen and oxygen atoms in total. The van der Waals surface area contributed by atoms with Crippen LogP contribution in [0.5, 0.6) is 11.5 Å². The molecule has 0 saturated carbocycles. The molecule has 0 aliphatic rings. The summed E-state index contributed by atoms with van der Waals surface area (Å²) in [4.78, 5) is 6.51. The second-order valence-electron chi connectivity index (χ2n) is 6.28. The van der Waals surface area contributed by atoms with Crippen molar-refractivity contribution in [1.29, 1.82) is 0 Å². The molecule has 2 rings (SSSR count). The first kappa shape index (κ1) is 23.1. The first-order valence-corrected chi connectivity index (χ1v) is 8.76. The minimum atomic E-state index is 0. The zero-order valence-electron chi connectivity index (χ0n) is 16.7. The van der Waals surface area contributed by atoms with Gasteiger partial charge in [-0.05, 0) is 29.3 Å². The van der Waals surface area contributed by atoms with Crippen molar-refractivity contribution in [2.45, 2.75) is 19.4 Å². The zero-order valence-corrected chi connectivity index (χ0v) is 19.1. The van der Waals surface area contributed by atoms with Crippen LogP contribution in [-0.2, 0) is 6.54 Å². The molecule has 6 heteroatoms. The number of methoxy groups -OCH3 is 2. The molecule has 1 unspecified atom stereocenters. The van der Waals surface area contributed by atoms with Gasteiger partial charge in [0.1, 0.15) is 11.5 Å².